The lowest BCUT2D eigenvalue weighted by Gasteiger charge is -2.28. The Hall–Kier alpha value is -4.20. The summed E-state index contributed by atoms with van der Waals surface area (Å²) in [6, 6.07) is -5.80. The molecule has 3 aliphatic heterocycles. The van der Waals surface area contributed by atoms with E-state index in [9.17, 15) is 24.0 Å². The van der Waals surface area contributed by atoms with Crippen LogP contribution in [0.4, 0.5) is 17.6 Å². The summed E-state index contributed by atoms with van der Waals surface area (Å²) in [5, 5.41) is 12.9. The number of rotatable bonds is 12. The molecule has 0 radical (unpaired) electrons. The number of halogens is 4. The first kappa shape index (κ1) is 45.2. The molecule has 306 valence electrons. The van der Waals surface area contributed by atoms with E-state index in [0.717, 1.165) is 0 Å². The highest BCUT2D eigenvalue weighted by Crippen LogP contribution is 2.36. The Bertz CT molecular complexity index is 1590. The number of amides is 5. The molecule has 1 saturated heterocycles. The van der Waals surface area contributed by atoms with Crippen LogP contribution in [0.2, 0.25) is 0 Å². The van der Waals surface area contributed by atoms with E-state index >= 15 is 17.6 Å². The van der Waals surface area contributed by atoms with E-state index in [0.29, 0.717) is 26.2 Å². The average Bonchev–Trinajstić information content (AvgIpc) is 3.15. The zero-order valence-electron chi connectivity index (χ0n) is 29.5. The number of aliphatic imine (C=N–C) groups is 2. The third-order valence-electron chi connectivity index (χ3n) is 8.12. The van der Waals surface area contributed by atoms with Crippen LogP contribution in [0.15, 0.2) is 19.8 Å². The first-order valence-corrected chi connectivity index (χ1v) is 19.4. The van der Waals surface area contributed by atoms with Gasteiger partial charge in [0.15, 0.2) is 35.2 Å². The summed E-state index contributed by atoms with van der Waals surface area (Å²) in [4.78, 5) is 74.2. The lowest BCUT2D eigenvalue weighted by atomic mass is 10.1. The molecule has 0 aromatic heterocycles. The molecule has 4 atom stereocenters. The third kappa shape index (κ3) is 13.8. The van der Waals surface area contributed by atoms with Crippen molar-refractivity contribution in [3.8, 4) is 0 Å². The van der Waals surface area contributed by atoms with Crippen molar-refractivity contribution < 1.29 is 41.5 Å². The molecular formula is C30H45F4N13O5S3. The Morgan fingerprint density at radius 3 is 1.73 bits per heavy atom. The monoisotopic (exact) mass is 839 g/mol. The van der Waals surface area contributed by atoms with Gasteiger partial charge >= 0.3 is 0 Å². The number of piperazine rings is 1. The number of carbonyl (C=O) groups excluding carboxylic acids is 5. The van der Waals surface area contributed by atoms with E-state index in [4.69, 9.17) is 22.9 Å². The second-order valence-corrected chi connectivity index (χ2v) is 14.5. The summed E-state index contributed by atoms with van der Waals surface area (Å²) in [5.41, 5.74) is 21.6. The van der Waals surface area contributed by atoms with Crippen molar-refractivity contribution in [1.29, 1.82) is 0 Å². The smallest absolute Gasteiger partial charge is 0.243 e. The maximum absolute atomic E-state index is 15.4. The van der Waals surface area contributed by atoms with Crippen LogP contribution in [0.5, 0.6) is 0 Å². The maximum Gasteiger partial charge on any atom is 0.243 e. The second-order valence-electron chi connectivity index (χ2n) is 12.1. The fourth-order valence-corrected chi connectivity index (χ4v) is 7.54. The normalized spacial score (nSPS) is 21.3. The molecule has 0 saturated carbocycles. The van der Waals surface area contributed by atoms with E-state index in [1.165, 1.54) is 4.90 Å². The minimum absolute atomic E-state index is 0.0210. The number of fused-ring (bicyclic) bond motifs is 15. The van der Waals surface area contributed by atoms with Gasteiger partial charge in [0.25, 0.3) is 0 Å². The van der Waals surface area contributed by atoms with Gasteiger partial charge in [0.2, 0.25) is 29.5 Å². The third-order valence-corrected chi connectivity index (χ3v) is 10.7. The Morgan fingerprint density at radius 2 is 1.24 bits per heavy atom. The van der Waals surface area contributed by atoms with Gasteiger partial charge in [0, 0.05) is 50.8 Å². The number of nitrogens with one attached hydrogen (secondary N) is 6. The molecule has 55 heavy (non-hydrogen) atoms. The number of hydrogen-bond donors (Lipinski definition) is 11. The number of carbonyl (C=O) groups is 5. The Morgan fingerprint density at radius 1 is 0.764 bits per heavy atom. The molecule has 5 amide bonds. The van der Waals surface area contributed by atoms with E-state index in [1.54, 1.807) is 0 Å². The zero-order valence-corrected chi connectivity index (χ0v) is 32.0. The molecule has 3 aliphatic rings. The van der Waals surface area contributed by atoms with Gasteiger partial charge in [0.05, 0.1) is 16.3 Å². The average molecular weight is 840 g/mol. The van der Waals surface area contributed by atoms with Gasteiger partial charge in [0.1, 0.15) is 24.2 Å². The van der Waals surface area contributed by atoms with Gasteiger partial charge in [-0.25, -0.2) is 17.6 Å². The summed E-state index contributed by atoms with van der Waals surface area (Å²) in [6.07, 6.45) is 0.0726. The van der Waals surface area contributed by atoms with Gasteiger partial charge in [-0.05, 0) is 25.7 Å². The molecule has 0 aliphatic carbocycles. The Kier molecular flexibility index (Phi) is 18.4. The molecule has 1 aromatic carbocycles. The fraction of sp³-hybridized carbons (Fsp3) is 0.567. The summed E-state index contributed by atoms with van der Waals surface area (Å²) >= 11 is 4.37. The van der Waals surface area contributed by atoms with Crippen LogP contribution in [0.25, 0.3) is 0 Å². The molecule has 1 aromatic rings. The number of thiol groups is 1. The predicted molar refractivity (Wildman–Crippen MR) is 202 cm³/mol. The largest absolute Gasteiger partial charge is 0.370 e. The summed E-state index contributed by atoms with van der Waals surface area (Å²) in [7, 11) is 0. The fourth-order valence-electron chi connectivity index (χ4n) is 5.21. The molecular weight excluding hydrogens is 795 g/mol. The standard InChI is InChI=1S/C30H45F4N13O5S3/c31-19-21(33)24-22(34)20(32)23(19)54-12-16(25(49)42-11-18(48)47-9-7-39-8-10-47)45-27(51)15(4-2-6-41-30(37)38)43-26(50)14(3-1-5-40-29(35)36)44-28(52)17(46-53)13-55-24/h14-17,39,46,53H,1-13H2,(H,42,49)(H,43,50)(H,44,52)(H,45,51)(H4,35,36,40)(H4,37,38,41). The van der Waals surface area contributed by atoms with Gasteiger partial charge in [-0.1, -0.05) is 12.8 Å². The van der Waals surface area contributed by atoms with Crippen molar-refractivity contribution >= 4 is 77.8 Å². The van der Waals surface area contributed by atoms with Gasteiger partial charge in [-0.2, -0.15) is 0 Å². The molecule has 4 rings (SSSR count). The van der Waals surface area contributed by atoms with E-state index in [2.05, 4.69) is 54.1 Å². The summed E-state index contributed by atoms with van der Waals surface area (Å²) in [6.45, 7) is 1.37. The highest BCUT2D eigenvalue weighted by atomic mass is 32.2. The van der Waals surface area contributed by atoms with Crippen molar-refractivity contribution in [3.63, 3.8) is 0 Å². The Balaban J connectivity index is 2.03. The minimum atomic E-state index is -1.78. The summed E-state index contributed by atoms with van der Waals surface area (Å²) < 4.78 is 63.6. The van der Waals surface area contributed by atoms with Crippen LogP contribution >= 0.6 is 36.3 Å². The van der Waals surface area contributed by atoms with E-state index in [1.807, 2.05) is 0 Å². The molecule has 0 spiro atoms. The molecule has 25 heteroatoms. The minimum Gasteiger partial charge on any atom is -0.370 e. The Labute approximate surface area is 327 Å². The first-order valence-electron chi connectivity index (χ1n) is 16.9. The van der Waals surface area contributed by atoms with Crippen LogP contribution in [-0.2, 0) is 24.0 Å². The second kappa shape index (κ2) is 22.4. The number of thioether (sulfide) groups is 2. The van der Waals surface area contributed by atoms with E-state index < -0.39 is 105 Å². The molecule has 1 fully saturated rings. The molecule has 2 bridgehead atoms. The SMILES string of the molecule is NC(N)=NCCCC1NC(=O)C(NS)CSc2c(F)c(F)c(c(F)c2F)SCC(C(=O)NCC(=O)N2CCNCC2)NC(=O)C(CCCN=C(N)N)NC1=O. The van der Waals surface area contributed by atoms with Crippen molar-refractivity contribution in [2.24, 2.45) is 32.9 Å². The molecule has 18 nitrogen and oxygen atoms in total. The van der Waals surface area contributed by atoms with Crippen molar-refractivity contribution in [3.05, 3.63) is 23.3 Å². The number of hydrogen-bond acceptors (Lipinski definition) is 12. The summed E-state index contributed by atoms with van der Waals surface area (Å²) in [5.74, 6) is -12.9. The highest BCUT2D eigenvalue weighted by molar-refractivity contribution is 7.99. The van der Waals surface area contributed by atoms with Gasteiger partial charge < -0.3 is 54.4 Å². The van der Waals surface area contributed by atoms with Gasteiger partial charge in [-0.15, -0.1) is 23.5 Å². The predicted octanol–water partition coefficient (Wildman–Crippen LogP) is -2.65. The number of nitrogens with zero attached hydrogens (tertiary/aromatic N) is 3. The zero-order chi connectivity index (χ0) is 40.7. The van der Waals surface area contributed by atoms with Crippen LogP contribution in [0, 0.1) is 23.3 Å². The van der Waals surface area contributed by atoms with Crippen LogP contribution in [0.1, 0.15) is 25.7 Å². The van der Waals surface area contributed by atoms with Crippen LogP contribution < -0.4 is 54.2 Å². The lowest BCUT2D eigenvalue weighted by Crippen LogP contribution is -2.58. The van der Waals surface area contributed by atoms with Crippen LogP contribution in [-0.4, -0.2) is 128 Å². The molecule has 4 unspecified atom stereocenters. The van der Waals surface area contributed by atoms with E-state index in [-0.39, 0.29) is 74.2 Å². The van der Waals surface area contributed by atoms with Crippen molar-refractivity contribution in [2.45, 2.75) is 59.6 Å². The highest BCUT2D eigenvalue weighted by Gasteiger charge is 2.34. The quantitative estimate of drug-likeness (QED) is 0.0196. The van der Waals surface area contributed by atoms with Crippen molar-refractivity contribution in [2.75, 3.05) is 57.3 Å². The van der Waals surface area contributed by atoms with Gasteiger partial charge in [-0.3, -0.25) is 38.7 Å². The number of nitrogens with two attached hydrogens (primary N) is 4. The van der Waals surface area contributed by atoms with Crippen LogP contribution in [0.3, 0.4) is 0 Å². The molecule has 14 N–H and O–H groups in total. The number of guanidine groups is 2. The van der Waals surface area contributed by atoms with Crippen molar-refractivity contribution in [1.82, 2.24) is 36.2 Å². The number of benzene rings is 1. The maximum atomic E-state index is 15.4. The topological polar surface area (TPSA) is 290 Å². The lowest BCUT2D eigenvalue weighted by molar-refractivity contribution is -0.135. The first-order chi connectivity index (χ1) is 26.1. The molecule has 3 heterocycles.